The van der Waals surface area contributed by atoms with Crippen LogP contribution in [0.25, 0.3) is 21.2 Å². The second-order valence-corrected chi connectivity index (χ2v) is 11.4. The maximum atomic E-state index is 13.0. The number of nitrogens with zero attached hydrogens (tertiary/aromatic N) is 3. The largest absolute Gasteiger partial charge is 0.493 e. The fourth-order valence-electron chi connectivity index (χ4n) is 4.56. The highest BCUT2D eigenvalue weighted by molar-refractivity contribution is 7.19. The van der Waals surface area contributed by atoms with E-state index in [0.29, 0.717) is 36.5 Å². The Labute approximate surface area is 225 Å². The number of carbonyl (C=O) groups excluding carboxylic acids is 2. The zero-order valence-corrected chi connectivity index (χ0v) is 23.4. The molecule has 0 bridgehead atoms. The number of nitrogens with two attached hydrogens (primary N) is 1. The molecule has 0 radical (unpaired) electrons. The molecular formula is C27H34N4O6S. The van der Waals surface area contributed by atoms with Gasteiger partial charge in [0.1, 0.15) is 11.6 Å². The van der Waals surface area contributed by atoms with Gasteiger partial charge in [-0.25, -0.2) is 4.79 Å². The van der Waals surface area contributed by atoms with Crippen molar-refractivity contribution in [2.45, 2.75) is 39.0 Å². The molecule has 1 atom stereocenters. The van der Waals surface area contributed by atoms with E-state index in [1.807, 2.05) is 35.4 Å². The third-order valence-electron chi connectivity index (χ3n) is 6.43. The van der Waals surface area contributed by atoms with Crippen molar-refractivity contribution in [3.05, 3.63) is 45.7 Å². The summed E-state index contributed by atoms with van der Waals surface area (Å²) in [7, 11) is 4.89. The highest BCUT2D eigenvalue weighted by Gasteiger charge is 2.35. The van der Waals surface area contributed by atoms with E-state index in [1.54, 1.807) is 46.6 Å². The highest BCUT2D eigenvalue weighted by atomic mass is 32.1. The maximum absolute atomic E-state index is 13.0. The predicted molar refractivity (Wildman–Crippen MR) is 147 cm³/mol. The van der Waals surface area contributed by atoms with E-state index in [2.05, 4.69) is 0 Å². The van der Waals surface area contributed by atoms with Gasteiger partial charge in [0, 0.05) is 54.6 Å². The molecule has 2 amide bonds. The molecule has 2 aromatic heterocycles. The number of ether oxygens (including phenoxy) is 3. The Morgan fingerprint density at radius 3 is 2.45 bits per heavy atom. The molecule has 3 aromatic rings. The van der Waals surface area contributed by atoms with E-state index in [1.165, 1.54) is 16.2 Å². The van der Waals surface area contributed by atoms with Crippen LogP contribution in [-0.4, -0.2) is 71.9 Å². The van der Waals surface area contributed by atoms with Gasteiger partial charge in [0.25, 0.3) is 5.56 Å². The lowest BCUT2D eigenvalue weighted by atomic mass is 10.1. The van der Waals surface area contributed by atoms with Crippen LogP contribution in [0.5, 0.6) is 11.5 Å². The Morgan fingerprint density at radius 2 is 1.82 bits per heavy atom. The third-order valence-corrected chi connectivity index (χ3v) is 7.58. The Bertz CT molecular complexity index is 1420. The van der Waals surface area contributed by atoms with Gasteiger partial charge in [-0.3, -0.25) is 14.5 Å². The van der Waals surface area contributed by atoms with E-state index >= 15 is 0 Å². The summed E-state index contributed by atoms with van der Waals surface area (Å²) in [6.07, 6.45) is 1.35. The van der Waals surface area contributed by atoms with Crippen molar-refractivity contribution in [3.8, 4) is 22.6 Å². The van der Waals surface area contributed by atoms with Crippen LogP contribution >= 0.6 is 11.3 Å². The summed E-state index contributed by atoms with van der Waals surface area (Å²) in [5.74, 6) is 0.699. The van der Waals surface area contributed by atoms with Crippen LogP contribution in [0.15, 0.2) is 35.3 Å². The number of amides is 2. The predicted octanol–water partition coefficient (Wildman–Crippen LogP) is 3.19. The fraction of sp³-hybridized carbons (Fsp3) is 0.444. The zero-order valence-electron chi connectivity index (χ0n) is 22.6. The molecule has 1 aromatic carbocycles. The second-order valence-electron chi connectivity index (χ2n) is 10.3. The molecule has 1 fully saturated rings. The Hall–Kier alpha value is -3.57. The number of methoxy groups -OCH3 is 2. The monoisotopic (exact) mass is 542 g/mol. The summed E-state index contributed by atoms with van der Waals surface area (Å²) < 4.78 is 18.7. The van der Waals surface area contributed by atoms with Crippen LogP contribution in [0, 0.1) is 0 Å². The second kappa shape index (κ2) is 10.7. The summed E-state index contributed by atoms with van der Waals surface area (Å²) in [6.45, 7) is 6.82. The van der Waals surface area contributed by atoms with Crippen LogP contribution < -0.4 is 20.8 Å². The Balaban J connectivity index is 1.65. The lowest BCUT2D eigenvalue weighted by Gasteiger charge is -2.39. The minimum Gasteiger partial charge on any atom is -0.493 e. The SMILES string of the molecule is COc1ccc(-c2cn(C)c(=O)c3cc(CN4CCN(C(=O)OC(C)(C)C)CC4C(N)=O)sc23)cc1OC. The van der Waals surface area contributed by atoms with Gasteiger partial charge in [-0.05, 0) is 44.5 Å². The standard InChI is InChI=1S/C27H34N4O6S/c1-27(2,3)37-26(34)31-10-9-30(20(15-31)24(28)32)13-17-12-18-23(38-17)19(14-29(4)25(18)33)16-7-8-21(35-5)22(11-16)36-6/h7-8,11-12,14,20H,9-10,13,15H2,1-6H3,(H2,28,32). The van der Waals surface area contributed by atoms with Gasteiger partial charge in [-0.15, -0.1) is 11.3 Å². The number of carbonyl (C=O) groups is 2. The lowest BCUT2D eigenvalue weighted by Crippen LogP contribution is -2.59. The molecule has 38 heavy (non-hydrogen) atoms. The van der Waals surface area contributed by atoms with Crippen molar-refractivity contribution < 1.29 is 23.8 Å². The lowest BCUT2D eigenvalue weighted by molar-refractivity contribution is -0.125. The first kappa shape index (κ1) is 27.5. The smallest absolute Gasteiger partial charge is 0.410 e. The number of thiophene rings is 1. The van der Waals surface area contributed by atoms with Gasteiger partial charge in [-0.1, -0.05) is 6.07 Å². The van der Waals surface area contributed by atoms with Crippen molar-refractivity contribution in [3.63, 3.8) is 0 Å². The van der Waals surface area contributed by atoms with E-state index in [9.17, 15) is 14.4 Å². The van der Waals surface area contributed by atoms with Crippen molar-refractivity contribution in [2.24, 2.45) is 12.8 Å². The summed E-state index contributed by atoms with van der Waals surface area (Å²) in [6, 6.07) is 6.86. The first-order chi connectivity index (χ1) is 17.9. The first-order valence-corrected chi connectivity index (χ1v) is 13.1. The molecule has 1 aliphatic rings. The molecule has 11 heteroatoms. The highest BCUT2D eigenvalue weighted by Crippen LogP contribution is 2.38. The van der Waals surface area contributed by atoms with Crippen molar-refractivity contribution in [1.82, 2.24) is 14.4 Å². The Kier molecular flexibility index (Phi) is 7.70. The molecule has 1 saturated heterocycles. The van der Waals surface area contributed by atoms with Gasteiger partial charge in [0.15, 0.2) is 11.5 Å². The number of hydrogen-bond donors (Lipinski definition) is 1. The summed E-state index contributed by atoms with van der Waals surface area (Å²) in [5, 5.41) is 0.600. The van der Waals surface area contributed by atoms with Gasteiger partial charge < -0.3 is 29.4 Å². The molecule has 10 nitrogen and oxygen atoms in total. The normalized spacial score (nSPS) is 16.5. The average molecular weight is 543 g/mol. The summed E-state index contributed by atoms with van der Waals surface area (Å²) in [4.78, 5) is 42.4. The topological polar surface area (TPSA) is 116 Å². The molecule has 0 saturated carbocycles. The van der Waals surface area contributed by atoms with Gasteiger partial charge in [0.2, 0.25) is 5.91 Å². The molecule has 0 spiro atoms. The number of fused-ring (bicyclic) bond motifs is 1. The van der Waals surface area contributed by atoms with E-state index in [4.69, 9.17) is 19.9 Å². The minimum atomic E-state index is -0.672. The van der Waals surface area contributed by atoms with Crippen LogP contribution in [-0.2, 0) is 23.1 Å². The van der Waals surface area contributed by atoms with Crippen LogP contribution in [0.2, 0.25) is 0 Å². The van der Waals surface area contributed by atoms with Gasteiger partial charge >= 0.3 is 6.09 Å². The number of benzene rings is 1. The average Bonchev–Trinajstić information content (AvgIpc) is 3.28. The van der Waals surface area contributed by atoms with E-state index in [0.717, 1.165) is 20.7 Å². The van der Waals surface area contributed by atoms with Crippen LogP contribution in [0.3, 0.4) is 0 Å². The van der Waals surface area contributed by atoms with Crippen LogP contribution in [0.4, 0.5) is 4.79 Å². The van der Waals surface area contributed by atoms with Crippen LogP contribution in [0.1, 0.15) is 25.6 Å². The molecule has 1 unspecified atom stereocenters. The van der Waals surface area contributed by atoms with E-state index < -0.39 is 23.6 Å². The van der Waals surface area contributed by atoms with Gasteiger partial charge in [0.05, 0.1) is 19.6 Å². The molecule has 4 rings (SSSR count). The molecule has 204 valence electrons. The quantitative estimate of drug-likeness (QED) is 0.509. The van der Waals surface area contributed by atoms with E-state index in [-0.39, 0.29) is 12.1 Å². The number of primary amides is 1. The Morgan fingerprint density at radius 1 is 1.11 bits per heavy atom. The number of aromatic nitrogens is 1. The fourth-order valence-corrected chi connectivity index (χ4v) is 5.77. The van der Waals surface area contributed by atoms with Crippen molar-refractivity contribution in [2.75, 3.05) is 33.9 Å². The summed E-state index contributed by atoms with van der Waals surface area (Å²) in [5.41, 5.74) is 6.78. The summed E-state index contributed by atoms with van der Waals surface area (Å²) >= 11 is 1.50. The maximum Gasteiger partial charge on any atom is 0.410 e. The number of pyridine rings is 1. The van der Waals surface area contributed by atoms with Gasteiger partial charge in [-0.2, -0.15) is 0 Å². The molecule has 0 aliphatic carbocycles. The first-order valence-electron chi connectivity index (χ1n) is 12.3. The third kappa shape index (κ3) is 5.63. The number of aryl methyl sites for hydroxylation is 1. The molecule has 2 N–H and O–H groups in total. The number of hydrogen-bond acceptors (Lipinski definition) is 8. The van der Waals surface area contributed by atoms with Crippen molar-refractivity contribution in [1.29, 1.82) is 0 Å². The number of piperazine rings is 1. The minimum absolute atomic E-state index is 0.104. The molecular weight excluding hydrogens is 508 g/mol. The number of rotatable bonds is 6. The molecule has 1 aliphatic heterocycles. The van der Waals surface area contributed by atoms with Crippen molar-refractivity contribution >= 4 is 33.4 Å². The zero-order chi connectivity index (χ0) is 27.8. The molecule has 3 heterocycles.